The Balaban J connectivity index is 3.00. The third-order valence-corrected chi connectivity index (χ3v) is 0.677. The summed E-state index contributed by atoms with van der Waals surface area (Å²) in [6, 6.07) is 0. The summed E-state index contributed by atoms with van der Waals surface area (Å²) in [5, 5.41) is 0. The average Bonchev–Trinajstić information content (AvgIpc) is 1.68. The second-order valence-electron chi connectivity index (χ2n) is 0.473. The van der Waals surface area contributed by atoms with E-state index in [4.69, 9.17) is 10.7 Å². The topological polar surface area (TPSA) is 35.5 Å². The highest BCUT2D eigenvalue weighted by Gasteiger charge is 1.99. The summed E-state index contributed by atoms with van der Waals surface area (Å²) in [6.07, 6.45) is -1.03. The molecule has 0 aromatic heterocycles. The summed E-state index contributed by atoms with van der Waals surface area (Å²) < 4.78 is 7.38. The van der Waals surface area contributed by atoms with Crippen molar-refractivity contribution in [3.8, 4) is 0 Å². The predicted molar refractivity (Wildman–Crippen MR) is 26.9 cm³/mol. The molecule has 0 heterocycles. The van der Waals surface area contributed by atoms with Gasteiger partial charge in [0.2, 0.25) is 0 Å². The third-order valence-electron chi connectivity index (χ3n) is 0.163. The molecule has 0 aromatic rings. The Morgan fingerprint density at radius 3 is 2.43 bits per heavy atom. The van der Waals surface area contributed by atoms with Crippen molar-refractivity contribution in [2.75, 3.05) is 0 Å². The van der Waals surface area contributed by atoms with Crippen LogP contribution in [-0.4, -0.2) is 6.16 Å². The zero-order chi connectivity index (χ0) is 5.70. The molecule has 0 aliphatic rings. The second kappa shape index (κ2) is 4.36. The van der Waals surface area contributed by atoms with Gasteiger partial charge in [0, 0.05) is 10.7 Å². The number of carbonyl (C=O) groups is 1. The standard InChI is InChI=1S/CCl2O3S/c2-5-1(4)6-7-3. The highest BCUT2D eigenvalue weighted by Crippen LogP contribution is 2.08. The van der Waals surface area contributed by atoms with Gasteiger partial charge in [0.15, 0.2) is 11.3 Å². The first-order chi connectivity index (χ1) is 3.31. The molecule has 0 unspecified atom stereocenters. The molecule has 0 aromatic carbocycles. The van der Waals surface area contributed by atoms with Crippen LogP contribution >= 0.6 is 33.8 Å². The van der Waals surface area contributed by atoms with Gasteiger partial charge < -0.3 is 8.47 Å². The van der Waals surface area contributed by atoms with Crippen LogP contribution in [0, 0.1) is 0 Å². The lowest BCUT2D eigenvalue weighted by molar-refractivity contribution is 0.165. The summed E-state index contributed by atoms with van der Waals surface area (Å²) in [4.78, 5) is 9.73. The summed E-state index contributed by atoms with van der Waals surface area (Å²) in [5.41, 5.74) is 0. The first-order valence-electron chi connectivity index (χ1n) is 1.09. The molecule has 0 spiro atoms. The lowest BCUT2D eigenvalue weighted by atomic mass is 11.5. The second-order valence-corrected chi connectivity index (χ2v) is 1.30. The minimum Gasteiger partial charge on any atom is -0.341 e. The van der Waals surface area contributed by atoms with Crippen molar-refractivity contribution in [1.29, 1.82) is 0 Å². The van der Waals surface area contributed by atoms with E-state index < -0.39 is 6.16 Å². The van der Waals surface area contributed by atoms with Gasteiger partial charge in [-0.1, -0.05) is 0 Å². The highest BCUT2D eigenvalue weighted by molar-refractivity contribution is 8.17. The number of carbonyl (C=O) groups excluding carboxylic acids is 1. The van der Waals surface area contributed by atoms with Crippen LogP contribution in [0.4, 0.5) is 4.79 Å². The molecule has 0 bridgehead atoms. The van der Waals surface area contributed by atoms with Crippen LogP contribution < -0.4 is 0 Å². The molecule has 0 fully saturated rings. The van der Waals surface area contributed by atoms with Crippen LogP contribution in [0.2, 0.25) is 0 Å². The van der Waals surface area contributed by atoms with Crippen LogP contribution in [0.1, 0.15) is 0 Å². The van der Waals surface area contributed by atoms with Crippen LogP contribution in [0.3, 0.4) is 0 Å². The Kier molecular flexibility index (Phi) is 4.49. The fourth-order valence-electron chi connectivity index (χ4n) is 0.0386. The van der Waals surface area contributed by atoms with E-state index >= 15 is 0 Å². The molecule has 0 aliphatic heterocycles. The Morgan fingerprint density at radius 2 is 2.29 bits per heavy atom. The largest absolute Gasteiger partial charge is 0.540 e. The van der Waals surface area contributed by atoms with Crippen molar-refractivity contribution in [2.45, 2.75) is 0 Å². The van der Waals surface area contributed by atoms with Gasteiger partial charge in [0.1, 0.15) is 11.9 Å². The van der Waals surface area contributed by atoms with Gasteiger partial charge in [-0.25, -0.2) is 4.79 Å². The predicted octanol–water partition coefficient (Wildman–Crippen LogP) is 2.10. The average molecular weight is 163 g/mol. The molecule has 0 saturated heterocycles. The van der Waals surface area contributed by atoms with Gasteiger partial charge in [0.25, 0.3) is 0 Å². The first-order valence-corrected chi connectivity index (χ1v) is 2.96. The molecule has 0 radical (unpaired) electrons. The zero-order valence-electron chi connectivity index (χ0n) is 2.89. The molecule has 7 heavy (non-hydrogen) atoms. The molecule has 0 atom stereocenters. The maximum Gasteiger partial charge on any atom is 0.540 e. The van der Waals surface area contributed by atoms with E-state index in [0.717, 1.165) is 0 Å². The molecule has 0 saturated carbocycles. The van der Waals surface area contributed by atoms with Gasteiger partial charge in [0.05, 0.1) is 0 Å². The van der Waals surface area contributed by atoms with Crippen LogP contribution in [-0.2, 0) is 8.47 Å². The third kappa shape index (κ3) is 4.04. The Morgan fingerprint density at radius 1 is 1.71 bits per heavy atom. The van der Waals surface area contributed by atoms with Crippen molar-refractivity contribution in [2.24, 2.45) is 0 Å². The van der Waals surface area contributed by atoms with E-state index in [2.05, 4.69) is 20.3 Å². The van der Waals surface area contributed by atoms with Crippen molar-refractivity contribution in [3.05, 3.63) is 0 Å². The van der Waals surface area contributed by atoms with Crippen molar-refractivity contribution in [3.63, 3.8) is 0 Å². The molecular formula is CCl2O3S. The van der Waals surface area contributed by atoms with E-state index in [1.165, 1.54) is 0 Å². The first kappa shape index (κ1) is 7.20. The van der Waals surface area contributed by atoms with Crippen LogP contribution in [0.5, 0.6) is 0 Å². The van der Waals surface area contributed by atoms with E-state index in [1.807, 2.05) is 0 Å². The molecular weight excluding hydrogens is 163 g/mol. The van der Waals surface area contributed by atoms with Gasteiger partial charge in [-0.3, -0.25) is 0 Å². The fraction of sp³-hybridized carbons (Fsp3) is 0. The molecule has 0 aliphatic carbocycles. The fourth-order valence-corrected chi connectivity index (χ4v) is 0.347. The van der Waals surface area contributed by atoms with Gasteiger partial charge >= 0.3 is 6.16 Å². The maximum absolute atomic E-state index is 9.73. The molecule has 3 nitrogen and oxygen atoms in total. The summed E-state index contributed by atoms with van der Waals surface area (Å²) in [5.74, 6) is 0. The molecule has 0 rings (SSSR count). The Labute approximate surface area is 53.7 Å². The lowest BCUT2D eigenvalue weighted by Gasteiger charge is -1.87. The van der Waals surface area contributed by atoms with E-state index in [0.29, 0.717) is 11.3 Å². The van der Waals surface area contributed by atoms with E-state index in [-0.39, 0.29) is 0 Å². The summed E-state index contributed by atoms with van der Waals surface area (Å²) in [6.45, 7) is 0. The smallest absolute Gasteiger partial charge is 0.341 e. The van der Waals surface area contributed by atoms with Gasteiger partial charge in [-0.2, -0.15) is 0 Å². The molecule has 0 N–H and O–H groups in total. The summed E-state index contributed by atoms with van der Waals surface area (Å²) in [7, 11) is 4.81. The summed E-state index contributed by atoms with van der Waals surface area (Å²) >= 11 is 4.83. The SMILES string of the molecule is O=C(OCl)OSCl. The number of rotatable bonds is 1. The van der Waals surface area contributed by atoms with Gasteiger partial charge in [-0.15, -0.1) is 0 Å². The van der Waals surface area contributed by atoms with E-state index in [9.17, 15) is 4.79 Å². The van der Waals surface area contributed by atoms with Crippen molar-refractivity contribution in [1.82, 2.24) is 0 Å². The Bertz CT molecular complexity index is 66.0. The monoisotopic (exact) mass is 162 g/mol. The maximum atomic E-state index is 9.73. The Hall–Kier alpha value is 0.200. The number of halogens is 2. The normalized spacial score (nSPS) is 7.71. The number of hydrogen-bond acceptors (Lipinski definition) is 4. The highest BCUT2D eigenvalue weighted by atomic mass is 35.7. The minimum absolute atomic E-state index is 0.348. The zero-order valence-corrected chi connectivity index (χ0v) is 5.22. The minimum atomic E-state index is -1.03. The van der Waals surface area contributed by atoms with Crippen molar-refractivity contribution >= 4 is 40.0 Å². The van der Waals surface area contributed by atoms with Crippen LogP contribution in [0.15, 0.2) is 0 Å². The quantitative estimate of drug-likeness (QED) is 0.554. The number of hydrogen-bond donors (Lipinski definition) is 0. The molecule has 0 amide bonds. The lowest BCUT2D eigenvalue weighted by Crippen LogP contribution is -1.90. The van der Waals surface area contributed by atoms with Crippen LogP contribution in [0.25, 0.3) is 0 Å². The van der Waals surface area contributed by atoms with Gasteiger partial charge in [-0.05, 0) is 0 Å². The molecule has 42 valence electrons. The molecule has 6 heteroatoms. The van der Waals surface area contributed by atoms with Crippen molar-refractivity contribution < 1.29 is 13.3 Å². The van der Waals surface area contributed by atoms with E-state index in [1.54, 1.807) is 0 Å².